The molecule has 3 nitrogen and oxygen atoms in total. The van der Waals surface area contributed by atoms with Gasteiger partial charge in [0.05, 0.1) is 23.8 Å². The zero-order valence-corrected chi connectivity index (χ0v) is 10.9. The third-order valence-corrected chi connectivity index (χ3v) is 3.38. The fourth-order valence-electron chi connectivity index (χ4n) is 2.46. The Morgan fingerprint density at radius 3 is 2.82 bits per heavy atom. The third-order valence-electron chi connectivity index (χ3n) is 3.38. The number of nitrogens with one attached hydrogen (secondary N) is 2. The van der Waals surface area contributed by atoms with Crippen LogP contribution in [0, 0.1) is 5.92 Å². The van der Waals surface area contributed by atoms with E-state index in [1.54, 1.807) is 0 Å². The zero-order chi connectivity index (χ0) is 12.1. The lowest BCUT2D eigenvalue weighted by atomic mass is 10.1. The van der Waals surface area contributed by atoms with E-state index < -0.39 is 0 Å². The van der Waals surface area contributed by atoms with Crippen molar-refractivity contribution in [1.29, 1.82) is 0 Å². The summed E-state index contributed by atoms with van der Waals surface area (Å²) in [5.74, 6) is 0.863. The molecule has 0 amide bonds. The van der Waals surface area contributed by atoms with Gasteiger partial charge in [-0.3, -0.25) is 4.98 Å². The molecule has 0 aliphatic heterocycles. The maximum absolute atomic E-state index is 4.27. The second-order valence-electron chi connectivity index (χ2n) is 5.15. The molecule has 1 fully saturated rings. The molecule has 0 bridgehead atoms. The highest BCUT2D eigenvalue weighted by atomic mass is 15.0. The van der Waals surface area contributed by atoms with Crippen molar-refractivity contribution in [2.45, 2.75) is 45.6 Å². The first kappa shape index (κ1) is 12.2. The number of rotatable bonds is 5. The Labute approximate surface area is 104 Å². The highest BCUT2D eigenvalue weighted by molar-refractivity contribution is 5.54. The molecule has 1 aromatic heterocycles. The van der Waals surface area contributed by atoms with Crippen LogP contribution >= 0.6 is 0 Å². The summed E-state index contributed by atoms with van der Waals surface area (Å²) >= 11 is 0. The molecule has 1 aromatic rings. The maximum atomic E-state index is 4.27. The largest absolute Gasteiger partial charge is 0.384 e. The van der Waals surface area contributed by atoms with E-state index in [0.717, 1.165) is 30.3 Å². The van der Waals surface area contributed by atoms with E-state index in [4.69, 9.17) is 0 Å². The van der Waals surface area contributed by atoms with Gasteiger partial charge in [-0.1, -0.05) is 13.8 Å². The lowest BCUT2D eigenvalue weighted by Crippen LogP contribution is -2.15. The standard InChI is InChI=1S/C14H23N3/c1-3-6-16-13-8-14(10-15-9-13)17-12-5-4-11(2)7-12/h8-12,16-17H,3-7H2,1-2H3. The first-order valence-electron chi connectivity index (χ1n) is 6.73. The first-order valence-corrected chi connectivity index (χ1v) is 6.73. The van der Waals surface area contributed by atoms with Gasteiger partial charge in [0.1, 0.15) is 0 Å². The number of aromatic nitrogens is 1. The van der Waals surface area contributed by atoms with Crippen molar-refractivity contribution in [3.8, 4) is 0 Å². The van der Waals surface area contributed by atoms with Crippen LogP contribution < -0.4 is 10.6 Å². The van der Waals surface area contributed by atoms with Crippen LogP contribution in [0.4, 0.5) is 11.4 Å². The van der Waals surface area contributed by atoms with Gasteiger partial charge in [0, 0.05) is 12.6 Å². The van der Waals surface area contributed by atoms with Gasteiger partial charge in [-0.15, -0.1) is 0 Å². The molecule has 94 valence electrons. The topological polar surface area (TPSA) is 37.0 Å². The average Bonchev–Trinajstić information content (AvgIpc) is 2.73. The molecular formula is C14H23N3. The van der Waals surface area contributed by atoms with Crippen molar-refractivity contribution in [2.75, 3.05) is 17.2 Å². The molecule has 2 rings (SSSR count). The van der Waals surface area contributed by atoms with Gasteiger partial charge in [-0.05, 0) is 37.7 Å². The maximum Gasteiger partial charge on any atom is 0.0549 e. The number of anilines is 2. The van der Waals surface area contributed by atoms with E-state index in [2.05, 4.69) is 35.5 Å². The van der Waals surface area contributed by atoms with Crippen molar-refractivity contribution in [3.63, 3.8) is 0 Å². The van der Waals surface area contributed by atoms with Gasteiger partial charge < -0.3 is 10.6 Å². The minimum absolute atomic E-state index is 0.633. The molecule has 2 N–H and O–H groups in total. The Bertz CT molecular complexity index is 351. The highest BCUT2D eigenvalue weighted by Crippen LogP contribution is 2.27. The minimum atomic E-state index is 0.633. The fraction of sp³-hybridized carbons (Fsp3) is 0.643. The van der Waals surface area contributed by atoms with E-state index in [1.165, 1.54) is 19.3 Å². The SMILES string of the molecule is CCCNc1cncc(NC2CCC(C)C2)c1. The molecule has 1 aliphatic rings. The second-order valence-corrected chi connectivity index (χ2v) is 5.15. The number of hydrogen-bond donors (Lipinski definition) is 2. The van der Waals surface area contributed by atoms with E-state index in [1.807, 2.05) is 12.4 Å². The van der Waals surface area contributed by atoms with Crippen LogP contribution in [-0.4, -0.2) is 17.6 Å². The van der Waals surface area contributed by atoms with Crippen LogP contribution in [0.2, 0.25) is 0 Å². The Morgan fingerprint density at radius 2 is 2.12 bits per heavy atom. The van der Waals surface area contributed by atoms with Crippen LogP contribution in [0.25, 0.3) is 0 Å². The molecule has 0 saturated heterocycles. The van der Waals surface area contributed by atoms with E-state index >= 15 is 0 Å². The summed E-state index contributed by atoms with van der Waals surface area (Å²) in [7, 11) is 0. The molecule has 3 heteroatoms. The Morgan fingerprint density at radius 1 is 1.29 bits per heavy atom. The molecule has 0 aromatic carbocycles. The van der Waals surface area contributed by atoms with Crippen molar-refractivity contribution >= 4 is 11.4 Å². The first-order chi connectivity index (χ1) is 8.28. The van der Waals surface area contributed by atoms with Gasteiger partial charge in [0.2, 0.25) is 0 Å². The average molecular weight is 233 g/mol. The van der Waals surface area contributed by atoms with E-state index in [-0.39, 0.29) is 0 Å². The molecule has 1 heterocycles. The molecular weight excluding hydrogens is 210 g/mol. The Balaban J connectivity index is 1.91. The number of hydrogen-bond acceptors (Lipinski definition) is 3. The summed E-state index contributed by atoms with van der Waals surface area (Å²) in [5, 5.41) is 6.95. The molecule has 1 saturated carbocycles. The fourth-order valence-corrected chi connectivity index (χ4v) is 2.46. The van der Waals surface area contributed by atoms with Gasteiger partial charge in [-0.2, -0.15) is 0 Å². The predicted octanol–water partition coefficient (Wildman–Crippen LogP) is 3.50. The third kappa shape index (κ3) is 3.62. The summed E-state index contributed by atoms with van der Waals surface area (Å²) in [4.78, 5) is 4.27. The summed E-state index contributed by atoms with van der Waals surface area (Å²) in [5.41, 5.74) is 2.26. The van der Waals surface area contributed by atoms with Gasteiger partial charge >= 0.3 is 0 Å². The Hall–Kier alpha value is -1.25. The number of nitrogens with zero attached hydrogens (tertiary/aromatic N) is 1. The van der Waals surface area contributed by atoms with Gasteiger partial charge in [0.25, 0.3) is 0 Å². The van der Waals surface area contributed by atoms with Crippen LogP contribution in [0.3, 0.4) is 0 Å². The second kappa shape index (κ2) is 5.89. The van der Waals surface area contributed by atoms with Crippen LogP contribution in [0.15, 0.2) is 18.5 Å². The molecule has 17 heavy (non-hydrogen) atoms. The summed E-state index contributed by atoms with van der Waals surface area (Å²) in [6.07, 6.45) is 8.86. The summed E-state index contributed by atoms with van der Waals surface area (Å²) < 4.78 is 0. The Kier molecular flexibility index (Phi) is 4.24. The summed E-state index contributed by atoms with van der Waals surface area (Å²) in [6, 6.07) is 2.79. The van der Waals surface area contributed by atoms with E-state index in [0.29, 0.717) is 6.04 Å². The zero-order valence-electron chi connectivity index (χ0n) is 10.9. The van der Waals surface area contributed by atoms with E-state index in [9.17, 15) is 0 Å². The molecule has 0 radical (unpaired) electrons. The summed E-state index contributed by atoms with van der Waals surface area (Å²) in [6.45, 7) is 5.51. The lowest BCUT2D eigenvalue weighted by molar-refractivity contribution is 0.602. The highest BCUT2D eigenvalue weighted by Gasteiger charge is 2.20. The molecule has 0 spiro atoms. The van der Waals surface area contributed by atoms with Crippen molar-refractivity contribution < 1.29 is 0 Å². The van der Waals surface area contributed by atoms with Crippen LogP contribution in [0.1, 0.15) is 39.5 Å². The molecule has 2 atom stereocenters. The molecule has 1 aliphatic carbocycles. The van der Waals surface area contributed by atoms with Crippen LogP contribution in [-0.2, 0) is 0 Å². The van der Waals surface area contributed by atoms with Gasteiger partial charge in [-0.25, -0.2) is 0 Å². The van der Waals surface area contributed by atoms with Gasteiger partial charge in [0.15, 0.2) is 0 Å². The quantitative estimate of drug-likeness (QED) is 0.817. The minimum Gasteiger partial charge on any atom is -0.384 e. The number of pyridine rings is 1. The van der Waals surface area contributed by atoms with Crippen molar-refractivity contribution in [2.24, 2.45) is 5.92 Å². The van der Waals surface area contributed by atoms with Crippen molar-refractivity contribution in [3.05, 3.63) is 18.5 Å². The molecule has 2 unspecified atom stereocenters. The predicted molar refractivity (Wildman–Crippen MR) is 73.4 cm³/mol. The van der Waals surface area contributed by atoms with Crippen LogP contribution in [0.5, 0.6) is 0 Å². The normalized spacial score (nSPS) is 23.6. The monoisotopic (exact) mass is 233 g/mol. The lowest BCUT2D eigenvalue weighted by Gasteiger charge is -2.14. The van der Waals surface area contributed by atoms with Crippen molar-refractivity contribution in [1.82, 2.24) is 4.98 Å². The smallest absolute Gasteiger partial charge is 0.0549 e.